The minimum atomic E-state index is -1.13. The van der Waals surface area contributed by atoms with Crippen molar-refractivity contribution in [2.24, 2.45) is 4.99 Å². The molecule has 0 bridgehead atoms. The molecule has 12 heteroatoms. The van der Waals surface area contributed by atoms with Gasteiger partial charge in [0.25, 0.3) is 0 Å². The van der Waals surface area contributed by atoms with Crippen molar-refractivity contribution in [1.82, 2.24) is 19.8 Å². The maximum Gasteiger partial charge on any atom is 0.354 e. The second-order valence-electron chi connectivity index (χ2n) is 8.53. The van der Waals surface area contributed by atoms with Gasteiger partial charge in [-0.05, 0) is 36.5 Å². The van der Waals surface area contributed by atoms with E-state index in [1.54, 1.807) is 12.3 Å². The molecule has 1 fully saturated rings. The molecule has 0 aliphatic carbocycles. The number of hydrogen-bond acceptors (Lipinski definition) is 11. The zero-order valence-corrected chi connectivity index (χ0v) is 22.3. The van der Waals surface area contributed by atoms with Gasteiger partial charge in [0.05, 0.1) is 75.1 Å². The molecule has 1 N–H and O–H groups in total. The Morgan fingerprint density at radius 1 is 0.868 bits per heavy atom. The van der Waals surface area contributed by atoms with Gasteiger partial charge in [-0.15, -0.1) is 0 Å². The first-order valence-electron chi connectivity index (χ1n) is 12.6. The molecular weight excluding hydrogens is 510 g/mol. The molecule has 0 radical (unpaired) electrons. The summed E-state index contributed by atoms with van der Waals surface area (Å²) in [5, 5.41) is 11.7. The van der Waals surface area contributed by atoms with Crippen LogP contribution in [-0.4, -0.2) is 115 Å². The number of pyridine rings is 2. The highest BCUT2D eigenvalue weighted by Crippen LogP contribution is 2.16. The Hall–Kier alpha value is -2.67. The Balaban J connectivity index is 1.52. The van der Waals surface area contributed by atoms with Crippen LogP contribution < -0.4 is 0 Å². The third-order valence-electron chi connectivity index (χ3n) is 5.71. The number of carboxylic acid groups (broad SMARTS) is 1. The highest BCUT2D eigenvalue weighted by Gasteiger charge is 2.13. The van der Waals surface area contributed by atoms with Gasteiger partial charge in [-0.1, -0.05) is 6.07 Å². The topological polar surface area (TPSA) is 119 Å². The highest BCUT2D eigenvalue weighted by atomic mass is 32.1. The summed E-state index contributed by atoms with van der Waals surface area (Å²) in [7, 11) is 0. The van der Waals surface area contributed by atoms with Crippen molar-refractivity contribution in [3.63, 3.8) is 0 Å². The maximum absolute atomic E-state index is 11.5. The van der Waals surface area contributed by atoms with E-state index < -0.39 is 5.97 Å². The number of nitrogens with zero attached hydrogens (tertiary/aromatic N) is 5. The van der Waals surface area contributed by atoms with E-state index in [-0.39, 0.29) is 5.69 Å². The molecule has 1 aliphatic heterocycles. The zero-order chi connectivity index (χ0) is 26.8. The standard InChI is InChI=1S/C26H35N5O6S/c32-26(33)25-18-23(28-21-38)17-24(29-25)20-31-7-11-36-15-13-34-9-5-30(19-22-3-1-2-4-27-22)6-10-35-14-16-37-12-8-31/h1-4,17-18H,5-16,19-20H2,(H,32,33). The van der Waals surface area contributed by atoms with Gasteiger partial charge >= 0.3 is 5.97 Å². The number of hydrogen-bond donors (Lipinski definition) is 1. The fourth-order valence-electron chi connectivity index (χ4n) is 3.79. The van der Waals surface area contributed by atoms with Gasteiger partial charge in [0.15, 0.2) is 5.69 Å². The molecule has 2 aromatic rings. The number of carbonyl (C=O) groups is 1. The average molecular weight is 546 g/mol. The van der Waals surface area contributed by atoms with Crippen LogP contribution in [-0.2, 0) is 32.0 Å². The number of carboxylic acids is 1. The summed E-state index contributed by atoms with van der Waals surface area (Å²) in [5.74, 6) is -1.13. The molecule has 1 aliphatic rings. The van der Waals surface area contributed by atoms with E-state index in [2.05, 4.69) is 42.1 Å². The van der Waals surface area contributed by atoms with E-state index >= 15 is 0 Å². The van der Waals surface area contributed by atoms with E-state index in [1.807, 2.05) is 18.2 Å². The Kier molecular flexibility index (Phi) is 14.0. The maximum atomic E-state index is 11.5. The van der Waals surface area contributed by atoms with Gasteiger partial charge in [-0.3, -0.25) is 14.8 Å². The largest absolute Gasteiger partial charge is 0.477 e. The molecule has 11 nitrogen and oxygen atoms in total. The van der Waals surface area contributed by atoms with E-state index in [0.717, 1.165) is 25.3 Å². The van der Waals surface area contributed by atoms with Crippen LogP contribution in [0.3, 0.4) is 0 Å². The summed E-state index contributed by atoms with van der Waals surface area (Å²) in [6, 6.07) is 9.00. The average Bonchev–Trinajstić information content (AvgIpc) is 2.91. The number of thiocarbonyl (C=S) groups is 1. The first-order valence-corrected chi connectivity index (χ1v) is 13.0. The SMILES string of the molecule is O=C(O)c1cc(N=C=S)cc(CN2CCOCCOCCN(Cc3ccccn3)CCOCCOCC2)n1. The van der Waals surface area contributed by atoms with Crippen molar-refractivity contribution in [3.05, 3.63) is 53.6 Å². The third-order valence-corrected chi connectivity index (χ3v) is 5.80. The van der Waals surface area contributed by atoms with Crippen LogP contribution in [0.25, 0.3) is 0 Å². The second kappa shape index (κ2) is 17.8. The van der Waals surface area contributed by atoms with Gasteiger partial charge < -0.3 is 24.1 Å². The Bertz CT molecular complexity index is 984. The van der Waals surface area contributed by atoms with E-state index in [9.17, 15) is 9.90 Å². The van der Waals surface area contributed by atoms with Crippen molar-refractivity contribution >= 4 is 29.0 Å². The number of ether oxygens (including phenoxy) is 4. The number of rotatable bonds is 6. The molecule has 0 atom stereocenters. The molecule has 206 valence electrons. The first kappa shape index (κ1) is 29.9. The molecule has 38 heavy (non-hydrogen) atoms. The summed E-state index contributed by atoms with van der Waals surface area (Å²) in [4.78, 5) is 28.4. The van der Waals surface area contributed by atoms with Crippen LogP contribution in [0.4, 0.5) is 5.69 Å². The van der Waals surface area contributed by atoms with Crippen LogP contribution in [0.1, 0.15) is 21.9 Å². The van der Waals surface area contributed by atoms with E-state index in [1.165, 1.54) is 6.07 Å². The lowest BCUT2D eigenvalue weighted by atomic mass is 10.2. The molecule has 0 amide bonds. The minimum absolute atomic E-state index is 0.0896. The number of isothiocyanates is 1. The lowest BCUT2D eigenvalue weighted by Gasteiger charge is -2.23. The molecule has 3 heterocycles. The molecule has 0 aromatic carbocycles. The Morgan fingerprint density at radius 3 is 1.89 bits per heavy atom. The zero-order valence-electron chi connectivity index (χ0n) is 21.5. The predicted octanol–water partition coefficient (Wildman–Crippen LogP) is 2.29. The molecule has 2 aromatic heterocycles. The quantitative estimate of drug-likeness (QED) is 0.425. The normalized spacial score (nSPS) is 18.1. The van der Waals surface area contributed by atoms with Crippen molar-refractivity contribution in [2.75, 3.05) is 79.0 Å². The van der Waals surface area contributed by atoms with Crippen LogP contribution in [0, 0.1) is 0 Å². The summed E-state index contributed by atoms with van der Waals surface area (Å²) in [5.41, 5.74) is 1.90. The Labute approximate surface area is 228 Å². The summed E-state index contributed by atoms with van der Waals surface area (Å²) in [6.45, 7) is 8.01. The van der Waals surface area contributed by atoms with Crippen molar-refractivity contribution in [1.29, 1.82) is 0 Å². The molecular formula is C26H35N5O6S. The van der Waals surface area contributed by atoms with Gasteiger partial charge in [0, 0.05) is 45.5 Å². The van der Waals surface area contributed by atoms with Gasteiger partial charge in [0.1, 0.15) is 0 Å². The van der Waals surface area contributed by atoms with E-state index in [4.69, 9.17) is 18.9 Å². The first-order chi connectivity index (χ1) is 18.6. The highest BCUT2D eigenvalue weighted by molar-refractivity contribution is 7.78. The molecule has 3 rings (SSSR count). The van der Waals surface area contributed by atoms with Crippen LogP contribution in [0.5, 0.6) is 0 Å². The van der Waals surface area contributed by atoms with Gasteiger partial charge in [-0.25, -0.2) is 9.78 Å². The second-order valence-corrected chi connectivity index (χ2v) is 8.72. The summed E-state index contributed by atoms with van der Waals surface area (Å²) >= 11 is 4.67. The van der Waals surface area contributed by atoms with Crippen LogP contribution in [0.15, 0.2) is 41.5 Å². The summed E-state index contributed by atoms with van der Waals surface area (Å²) in [6.07, 6.45) is 1.80. The Morgan fingerprint density at radius 2 is 1.42 bits per heavy atom. The van der Waals surface area contributed by atoms with Crippen molar-refractivity contribution < 1.29 is 28.8 Å². The number of aromatic nitrogens is 2. The summed E-state index contributed by atoms with van der Waals surface area (Å²) < 4.78 is 23.2. The third kappa shape index (κ3) is 11.8. The van der Waals surface area contributed by atoms with Crippen molar-refractivity contribution in [3.8, 4) is 0 Å². The fourth-order valence-corrected chi connectivity index (χ4v) is 3.89. The van der Waals surface area contributed by atoms with Gasteiger partial charge in [0.2, 0.25) is 0 Å². The van der Waals surface area contributed by atoms with Gasteiger partial charge in [-0.2, -0.15) is 4.99 Å². The smallest absolute Gasteiger partial charge is 0.354 e. The number of aliphatic imine (C=N–C) groups is 1. The minimum Gasteiger partial charge on any atom is -0.477 e. The van der Waals surface area contributed by atoms with Crippen molar-refractivity contribution in [2.45, 2.75) is 13.1 Å². The lowest BCUT2D eigenvalue weighted by molar-refractivity contribution is 0.00598. The molecule has 0 spiro atoms. The van der Waals surface area contributed by atoms with Crippen LogP contribution >= 0.6 is 12.2 Å². The molecule has 0 unspecified atom stereocenters. The fraction of sp³-hybridized carbons (Fsp3) is 0.538. The van der Waals surface area contributed by atoms with Crippen LogP contribution in [0.2, 0.25) is 0 Å². The predicted molar refractivity (Wildman–Crippen MR) is 144 cm³/mol. The lowest BCUT2D eigenvalue weighted by Crippen LogP contribution is -2.33. The van der Waals surface area contributed by atoms with E-state index in [0.29, 0.717) is 83.9 Å². The number of aromatic carboxylic acids is 1. The molecule has 1 saturated heterocycles. The monoisotopic (exact) mass is 545 g/mol. The molecule has 0 saturated carbocycles.